The number of carboxylic acids is 1. The zero-order valence-corrected chi connectivity index (χ0v) is 11.2. The van der Waals surface area contributed by atoms with Crippen LogP contribution in [0.5, 0.6) is 5.75 Å². The summed E-state index contributed by atoms with van der Waals surface area (Å²) in [5, 5.41) is 11.1. The Morgan fingerprint density at radius 2 is 2.20 bits per heavy atom. The van der Waals surface area contributed by atoms with E-state index in [2.05, 4.69) is 9.97 Å². The minimum absolute atomic E-state index is 0.115. The highest BCUT2D eigenvalue weighted by Gasteiger charge is 2.17. The fraction of sp³-hybridized carbons (Fsp3) is 0.200. The van der Waals surface area contributed by atoms with Crippen LogP contribution in [0, 0.1) is 0 Å². The molecule has 0 aliphatic carbocycles. The second kappa shape index (κ2) is 4.52. The molecule has 0 unspecified atom stereocenters. The van der Waals surface area contributed by atoms with E-state index in [1.807, 2.05) is 25.1 Å². The molecule has 3 rings (SSSR count). The summed E-state index contributed by atoms with van der Waals surface area (Å²) in [6, 6.07) is 5.71. The number of carboxylic acid groups (broad SMARTS) is 1. The van der Waals surface area contributed by atoms with Crippen LogP contribution >= 0.6 is 0 Å². The van der Waals surface area contributed by atoms with Crippen LogP contribution in [-0.4, -0.2) is 28.2 Å². The molecular formula is C15H14N2O3. The number of rotatable bonds is 3. The Morgan fingerprint density at radius 1 is 1.40 bits per heavy atom. The standard InChI is InChI=1S/C15H14N2O3/c1-3-9-13-10-6-8(20-2)4-5-11(10)17-12(13)7-16-14(9)15(18)19/h4-7,17H,3H2,1-2H3,(H,18,19). The number of nitrogens with zero attached hydrogens (tertiary/aromatic N) is 1. The lowest BCUT2D eigenvalue weighted by Gasteiger charge is -2.05. The molecule has 0 amide bonds. The molecule has 0 saturated carbocycles. The molecule has 0 fully saturated rings. The summed E-state index contributed by atoms with van der Waals surface area (Å²) in [6.45, 7) is 1.93. The number of methoxy groups -OCH3 is 1. The SMILES string of the molecule is CCc1c(C(=O)O)ncc2[nH]c3ccc(OC)cc3c12. The minimum Gasteiger partial charge on any atom is -0.497 e. The van der Waals surface area contributed by atoms with Crippen molar-refractivity contribution in [2.24, 2.45) is 0 Å². The number of hydrogen-bond acceptors (Lipinski definition) is 3. The Balaban J connectivity index is 2.46. The van der Waals surface area contributed by atoms with Gasteiger partial charge in [0.1, 0.15) is 5.75 Å². The third-order valence-corrected chi connectivity index (χ3v) is 3.50. The van der Waals surface area contributed by atoms with Crippen molar-refractivity contribution in [2.75, 3.05) is 7.11 Å². The third-order valence-electron chi connectivity index (χ3n) is 3.50. The van der Waals surface area contributed by atoms with Crippen molar-refractivity contribution in [3.8, 4) is 5.75 Å². The second-order valence-electron chi connectivity index (χ2n) is 4.57. The number of fused-ring (bicyclic) bond motifs is 3. The first-order valence-electron chi connectivity index (χ1n) is 6.36. The molecule has 0 saturated heterocycles. The van der Waals surface area contributed by atoms with E-state index in [1.165, 1.54) is 0 Å². The van der Waals surface area contributed by atoms with E-state index in [-0.39, 0.29) is 5.69 Å². The van der Waals surface area contributed by atoms with Crippen LogP contribution in [0.15, 0.2) is 24.4 Å². The summed E-state index contributed by atoms with van der Waals surface area (Å²) >= 11 is 0. The Morgan fingerprint density at radius 3 is 2.85 bits per heavy atom. The zero-order chi connectivity index (χ0) is 14.3. The van der Waals surface area contributed by atoms with Gasteiger partial charge >= 0.3 is 5.97 Å². The van der Waals surface area contributed by atoms with Crippen molar-refractivity contribution in [1.82, 2.24) is 9.97 Å². The van der Waals surface area contributed by atoms with Gasteiger partial charge in [-0.05, 0) is 30.2 Å². The monoisotopic (exact) mass is 270 g/mol. The Bertz CT molecular complexity index is 821. The number of nitrogens with one attached hydrogen (secondary N) is 1. The summed E-state index contributed by atoms with van der Waals surface area (Å²) < 4.78 is 5.25. The molecule has 2 heterocycles. The fourth-order valence-electron chi connectivity index (χ4n) is 2.59. The minimum atomic E-state index is -0.999. The highest BCUT2D eigenvalue weighted by Crippen LogP contribution is 2.32. The summed E-state index contributed by atoms with van der Waals surface area (Å²) in [4.78, 5) is 18.6. The first-order valence-corrected chi connectivity index (χ1v) is 6.36. The van der Waals surface area contributed by atoms with Gasteiger partial charge in [0, 0.05) is 16.3 Å². The second-order valence-corrected chi connectivity index (χ2v) is 4.57. The third kappa shape index (κ3) is 1.71. The molecule has 102 valence electrons. The van der Waals surface area contributed by atoms with Crippen molar-refractivity contribution in [3.63, 3.8) is 0 Å². The number of aromatic carboxylic acids is 1. The molecule has 0 bridgehead atoms. The molecule has 0 radical (unpaired) electrons. The van der Waals surface area contributed by atoms with Crippen molar-refractivity contribution >= 4 is 27.8 Å². The van der Waals surface area contributed by atoms with E-state index in [4.69, 9.17) is 4.74 Å². The van der Waals surface area contributed by atoms with Crippen LogP contribution in [0.2, 0.25) is 0 Å². The van der Waals surface area contributed by atoms with Gasteiger partial charge in [-0.25, -0.2) is 9.78 Å². The topological polar surface area (TPSA) is 75.2 Å². The van der Waals surface area contributed by atoms with Gasteiger partial charge in [0.15, 0.2) is 5.69 Å². The largest absolute Gasteiger partial charge is 0.497 e. The van der Waals surface area contributed by atoms with E-state index in [0.29, 0.717) is 6.42 Å². The number of benzene rings is 1. The number of hydrogen-bond donors (Lipinski definition) is 2. The lowest BCUT2D eigenvalue weighted by atomic mass is 10.0. The van der Waals surface area contributed by atoms with Gasteiger partial charge in [-0.1, -0.05) is 6.92 Å². The molecule has 20 heavy (non-hydrogen) atoms. The maximum absolute atomic E-state index is 11.3. The number of aromatic nitrogens is 2. The average Bonchev–Trinajstić information content (AvgIpc) is 2.83. The van der Waals surface area contributed by atoms with E-state index >= 15 is 0 Å². The van der Waals surface area contributed by atoms with E-state index < -0.39 is 5.97 Å². The molecule has 5 heteroatoms. The van der Waals surface area contributed by atoms with Crippen molar-refractivity contribution in [3.05, 3.63) is 35.7 Å². The molecular weight excluding hydrogens is 256 g/mol. The number of aromatic amines is 1. The van der Waals surface area contributed by atoms with Gasteiger partial charge < -0.3 is 14.8 Å². The molecule has 3 aromatic rings. The smallest absolute Gasteiger partial charge is 0.354 e. The van der Waals surface area contributed by atoms with E-state index in [1.54, 1.807) is 13.3 Å². The van der Waals surface area contributed by atoms with Crippen molar-refractivity contribution in [1.29, 1.82) is 0 Å². The Hall–Kier alpha value is -2.56. The molecule has 2 N–H and O–H groups in total. The first kappa shape index (κ1) is 12.5. The number of H-pyrrole nitrogens is 1. The van der Waals surface area contributed by atoms with E-state index in [0.717, 1.165) is 33.1 Å². The van der Waals surface area contributed by atoms with Gasteiger partial charge in [-0.15, -0.1) is 0 Å². The van der Waals surface area contributed by atoms with E-state index in [9.17, 15) is 9.90 Å². The lowest BCUT2D eigenvalue weighted by molar-refractivity contribution is 0.0689. The van der Waals surface area contributed by atoms with Crippen LogP contribution < -0.4 is 4.74 Å². The van der Waals surface area contributed by atoms with Crippen molar-refractivity contribution < 1.29 is 14.6 Å². The van der Waals surface area contributed by atoms with Gasteiger partial charge in [-0.2, -0.15) is 0 Å². The van der Waals surface area contributed by atoms with Crippen LogP contribution in [0.4, 0.5) is 0 Å². The summed E-state index contributed by atoms with van der Waals surface area (Å²) in [6.07, 6.45) is 2.18. The Kier molecular flexibility index (Phi) is 2.82. The number of carbonyl (C=O) groups is 1. The Labute approximate surface area is 115 Å². The fourth-order valence-corrected chi connectivity index (χ4v) is 2.59. The van der Waals surface area contributed by atoms with Crippen LogP contribution in [0.25, 0.3) is 21.8 Å². The summed E-state index contributed by atoms with van der Waals surface area (Å²) in [5.41, 5.74) is 2.65. The summed E-state index contributed by atoms with van der Waals surface area (Å²) in [5.74, 6) is -0.255. The molecule has 0 spiro atoms. The van der Waals surface area contributed by atoms with Gasteiger partial charge in [0.25, 0.3) is 0 Å². The predicted octanol–water partition coefficient (Wildman–Crippen LogP) is 2.99. The molecule has 1 aromatic carbocycles. The molecule has 0 aliphatic rings. The highest BCUT2D eigenvalue weighted by atomic mass is 16.5. The summed E-state index contributed by atoms with van der Waals surface area (Å²) in [7, 11) is 1.61. The average molecular weight is 270 g/mol. The quantitative estimate of drug-likeness (QED) is 0.767. The highest BCUT2D eigenvalue weighted by molar-refractivity contribution is 6.11. The van der Waals surface area contributed by atoms with Crippen LogP contribution in [-0.2, 0) is 6.42 Å². The molecule has 0 aliphatic heterocycles. The van der Waals surface area contributed by atoms with Gasteiger partial charge in [0.05, 0.1) is 18.8 Å². The first-order chi connectivity index (χ1) is 9.65. The van der Waals surface area contributed by atoms with Crippen molar-refractivity contribution in [2.45, 2.75) is 13.3 Å². The number of ether oxygens (including phenoxy) is 1. The molecule has 0 atom stereocenters. The van der Waals surface area contributed by atoms with Crippen LogP contribution in [0.1, 0.15) is 23.0 Å². The maximum atomic E-state index is 11.3. The normalized spacial score (nSPS) is 11.1. The van der Waals surface area contributed by atoms with Crippen LogP contribution in [0.3, 0.4) is 0 Å². The lowest BCUT2D eigenvalue weighted by Crippen LogP contribution is -2.05. The molecule has 5 nitrogen and oxygen atoms in total. The zero-order valence-electron chi connectivity index (χ0n) is 11.2. The maximum Gasteiger partial charge on any atom is 0.354 e. The van der Waals surface area contributed by atoms with Gasteiger partial charge in [-0.3, -0.25) is 0 Å². The van der Waals surface area contributed by atoms with Gasteiger partial charge in [0.2, 0.25) is 0 Å². The molecule has 2 aromatic heterocycles. The number of pyridine rings is 1. The predicted molar refractivity (Wildman–Crippen MR) is 76.5 cm³/mol. The number of aryl methyl sites for hydroxylation is 1.